The van der Waals surface area contributed by atoms with Gasteiger partial charge in [0, 0.05) is 50.7 Å². The van der Waals surface area contributed by atoms with Crippen LogP contribution in [0.15, 0.2) is 47.3 Å². The van der Waals surface area contributed by atoms with Crippen LogP contribution in [0.4, 0.5) is 4.39 Å². The van der Waals surface area contributed by atoms with E-state index in [9.17, 15) is 14.0 Å². The maximum atomic E-state index is 13.6. The molecule has 0 atom stereocenters. The summed E-state index contributed by atoms with van der Waals surface area (Å²) in [4.78, 5) is 29.4. The highest BCUT2D eigenvalue weighted by atomic mass is 19.1. The minimum atomic E-state index is -0.299. The van der Waals surface area contributed by atoms with Crippen LogP contribution in [0.25, 0.3) is 10.8 Å². The number of benzene rings is 2. The molecular weight excluding hydrogens is 387 g/mol. The van der Waals surface area contributed by atoms with Crippen molar-refractivity contribution >= 4 is 16.7 Å². The van der Waals surface area contributed by atoms with E-state index in [0.717, 1.165) is 5.56 Å². The van der Waals surface area contributed by atoms with Crippen LogP contribution in [0.5, 0.6) is 5.75 Å². The molecule has 0 bridgehead atoms. The van der Waals surface area contributed by atoms with Gasteiger partial charge in [0.1, 0.15) is 11.6 Å². The first-order chi connectivity index (χ1) is 14.5. The average Bonchev–Trinajstić information content (AvgIpc) is 2.76. The fourth-order valence-corrected chi connectivity index (χ4v) is 3.83. The number of aromatic nitrogens is 2. The molecule has 156 valence electrons. The molecule has 0 aliphatic carbocycles. The molecule has 4 rings (SSSR count). The normalized spacial score (nSPS) is 14.8. The third-order valence-corrected chi connectivity index (χ3v) is 5.45. The molecule has 3 aromatic rings. The second-order valence-corrected chi connectivity index (χ2v) is 7.35. The number of aryl methyl sites for hydroxylation is 1. The molecule has 30 heavy (non-hydrogen) atoms. The van der Waals surface area contributed by atoms with Crippen molar-refractivity contribution in [3.05, 3.63) is 69.9 Å². The van der Waals surface area contributed by atoms with Gasteiger partial charge in [-0.2, -0.15) is 5.10 Å². The van der Waals surface area contributed by atoms with E-state index >= 15 is 0 Å². The predicted octanol–water partition coefficient (Wildman–Crippen LogP) is 2.04. The standard InChI is InChI=1S/C22H23FN4O3/c1-25-21(28)18-6-4-3-5-17(18)20(24-25)22(29)27-11-9-26(10-12-27)14-15-13-16(23)7-8-19(15)30-2/h3-8,13H,9-12,14H2,1-2H3. The molecule has 0 unspecified atom stereocenters. The highest BCUT2D eigenvalue weighted by molar-refractivity contribution is 6.04. The highest BCUT2D eigenvalue weighted by Gasteiger charge is 2.26. The fraction of sp³-hybridized carbons (Fsp3) is 0.318. The number of halogens is 1. The van der Waals surface area contributed by atoms with Gasteiger partial charge in [-0.15, -0.1) is 0 Å². The lowest BCUT2D eigenvalue weighted by Crippen LogP contribution is -2.48. The van der Waals surface area contributed by atoms with Gasteiger partial charge in [0.2, 0.25) is 0 Å². The molecule has 0 saturated carbocycles. The van der Waals surface area contributed by atoms with E-state index in [-0.39, 0.29) is 23.0 Å². The number of nitrogens with zero attached hydrogens (tertiary/aromatic N) is 4. The van der Waals surface area contributed by atoms with Gasteiger partial charge in [0.25, 0.3) is 11.5 Å². The first-order valence-electron chi connectivity index (χ1n) is 9.78. The molecule has 1 saturated heterocycles. The highest BCUT2D eigenvalue weighted by Crippen LogP contribution is 2.22. The maximum absolute atomic E-state index is 13.6. The number of hydrogen-bond acceptors (Lipinski definition) is 5. The first kappa shape index (κ1) is 20.0. The predicted molar refractivity (Wildman–Crippen MR) is 111 cm³/mol. The van der Waals surface area contributed by atoms with Crippen molar-refractivity contribution in [2.75, 3.05) is 33.3 Å². The van der Waals surface area contributed by atoms with E-state index in [1.54, 1.807) is 49.4 Å². The number of fused-ring (bicyclic) bond motifs is 1. The van der Waals surface area contributed by atoms with Crippen LogP contribution < -0.4 is 10.3 Å². The Hall–Kier alpha value is -3.26. The van der Waals surface area contributed by atoms with Crippen LogP contribution >= 0.6 is 0 Å². The van der Waals surface area contributed by atoms with Gasteiger partial charge in [-0.1, -0.05) is 18.2 Å². The zero-order valence-electron chi connectivity index (χ0n) is 17.0. The van der Waals surface area contributed by atoms with Crippen molar-refractivity contribution in [2.45, 2.75) is 6.54 Å². The Kier molecular flexibility index (Phi) is 5.50. The van der Waals surface area contributed by atoms with Crippen LogP contribution in [-0.4, -0.2) is 58.8 Å². The second kappa shape index (κ2) is 8.23. The zero-order chi connectivity index (χ0) is 21.3. The van der Waals surface area contributed by atoms with Crippen molar-refractivity contribution < 1.29 is 13.9 Å². The van der Waals surface area contributed by atoms with Crippen molar-refractivity contribution in [1.82, 2.24) is 19.6 Å². The van der Waals surface area contributed by atoms with Crippen LogP contribution in [-0.2, 0) is 13.6 Å². The Bertz CT molecular complexity index is 1150. The number of hydrogen-bond donors (Lipinski definition) is 0. The number of methoxy groups -OCH3 is 1. The molecule has 1 aliphatic rings. The summed E-state index contributed by atoms with van der Waals surface area (Å²) < 4.78 is 20.2. The zero-order valence-corrected chi connectivity index (χ0v) is 17.0. The SMILES string of the molecule is COc1ccc(F)cc1CN1CCN(C(=O)c2nn(C)c(=O)c3ccccc23)CC1. The van der Waals surface area contributed by atoms with Gasteiger partial charge in [0.05, 0.1) is 12.5 Å². The van der Waals surface area contributed by atoms with E-state index in [0.29, 0.717) is 49.2 Å². The van der Waals surface area contributed by atoms with Gasteiger partial charge in [0.15, 0.2) is 5.69 Å². The lowest BCUT2D eigenvalue weighted by atomic mass is 10.1. The van der Waals surface area contributed by atoms with E-state index in [1.165, 1.54) is 16.8 Å². The van der Waals surface area contributed by atoms with E-state index in [1.807, 2.05) is 0 Å². The summed E-state index contributed by atoms with van der Waals surface area (Å²) in [5.74, 6) is 0.160. The third kappa shape index (κ3) is 3.78. The molecule has 2 aromatic carbocycles. The Morgan fingerprint density at radius 2 is 1.80 bits per heavy atom. The van der Waals surface area contributed by atoms with Crippen LogP contribution in [0, 0.1) is 5.82 Å². The van der Waals surface area contributed by atoms with Gasteiger partial charge in [-0.3, -0.25) is 14.5 Å². The smallest absolute Gasteiger partial charge is 0.275 e. The lowest BCUT2D eigenvalue weighted by Gasteiger charge is -2.34. The summed E-state index contributed by atoms with van der Waals surface area (Å²) in [5.41, 5.74) is 0.840. The molecule has 1 aromatic heterocycles. The Balaban J connectivity index is 1.50. The van der Waals surface area contributed by atoms with Crippen molar-refractivity contribution in [3.63, 3.8) is 0 Å². The molecule has 0 radical (unpaired) electrons. The molecule has 0 N–H and O–H groups in total. The summed E-state index contributed by atoms with van der Waals surface area (Å²) in [6.07, 6.45) is 0. The summed E-state index contributed by atoms with van der Waals surface area (Å²) >= 11 is 0. The molecule has 2 heterocycles. The molecule has 7 nitrogen and oxygen atoms in total. The Morgan fingerprint density at radius 3 is 2.50 bits per heavy atom. The number of amides is 1. The molecular formula is C22H23FN4O3. The summed E-state index contributed by atoms with van der Waals surface area (Å²) in [6.45, 7) is 2.89. The largest absolute Gasteiger partial charge is 0.496 e. The maximum Gasteiger partial charge on any atom is 0.275 e. The first-order valence-corrected chi connectivity index (χ1v) is 9.78. The van der Waals surface area contributed by atoms with Gasteiger partial charge < -0.3 is 9.64 Å². The van der Waals surface area contributed by atoms with Crippen molar-refractivity contribution in [1.29, 1.82) is 0 Å². The number of carbonyl (C=O) groups excluding carboxylic acids is 1. The molecule has 8 heteroatoms. The van der Waals surface area contributed by atoms with Crippen molar-refractivity contribution in [3.8, 4) is 5.75 Å². The van der Waals surface area contributed by atoms with E-state index in [4.69, 9.17) is 4.74 Å². The summed E-state index contributed by atoms with van der Waals surface area (Å²) in [6, 6.07) is 11.5. The number of piperazine rings is 1. The average molecular weight is 410 g/mol. The second-order valence-electron chi connectivity index (χ2n) is 7.35. The third-order valence-electron chi connectivity index (χ3n) is 5.45. The van der Waals surface area contributed by atoms with Crippen LogP contribution in [0.1, 0.15) is 16.1 Å². The van der Waals surface area contributed by atoms with E-state index < -0.39 is 0 Å². The van der Waals surface area contributed by atoms with Crippen molar-refractivity contribution in [2.24, 2.45) is 7.05 Å². The van der Waals surface area contributed by atoms with Gasteiger partial charge in [-0.05, 0) is 24.3 Å². The quantitative estimate of drug-likeness (QED) is 0.659. The molecule has 1 aliphatic heterocycles. The minimum Gasteiger partial charge on any atom is -0.496 e. The van der Waals surface area contributed by atoms with Crippen LogP contribution in [0.2, 0.25) is 0 Å². The van der Waals surface area contributed by atoms with Gasteiger partial charge in [-0.25, -0.2) is 9.07 Å². The molecule has 0 spiro atoms. The Labute approximate surface area is 173 Å². The van der Waals surface area contributed by atoms with Gasteiger partial charge >= 0.3 is 0 Å². The number of rotatable bonds is 4. The Morgan fingerprint density at radius 1 is 1.10 bits per heavy atom. The lowest BCUT2D eigenvalue weighted by molar-refractivity contribution is 0.0621. The summed E-state index contributed by atoms with van der Waals surface area (Å²) in [7, 11) is 3.12. The fourth-order valence-electron chi connectivity index (χ4n) is 3.83. The minimum absolute atomic E-state index is 0.190. The molecule has 1 amide bonds. The number of ether oxygens (including phenoxy) is 1. The molecule has 1 fully saturated rings. The topological polar surface area (TPSA) is 67.7 Å². The number of carbonyl (C=O) groups is 1. The van der Waals surface area contributed by atoms with Crippen LogP contribution in [0.3, 0.4) is 0 Å². The monoisotopic (exact) mass is 410 g/mol. The van der Waals surface area contributed by atoms with E-state index in [2.05, 4.69) is 10.00 Å². The summed E-state index contributed by atoms with van der Waals surface area (Å²) in [5, 5.41) is 5.29.